The molecule has 0 atom stereocenters. The van der Waals surface area contributed by atoms with Crippen molar-refractivity contribution in [3.63, 3.8) is 0 Å². The third-order valence-corrected chi connectivity index (χ3v) is 4.01. The van der Waals surface area contributed by atoms with Gasteiger partial charge < -0.3 is 5.32 Å². The first kappa shape index (κ1) is 15.0. The summed E-state index contributed by atoms with van der Waals surface area (Å²) in [6, 6.07) is 0.798. The lowest BCUT2D eigenvalue weighted by Gasteiger charge is -2.36. The fraction of sp³-hybridized carbons (Fsp3) is 1.00. The van der Waals surface area contributed by atoms with Crippen LogP contribution in [-0.2, 0) is 0 Å². The predicted molar refractivity (Wildman–Crippen MR) is 76.4 cm³/mol. The summed E-state index contributed by atoms with van der Waals surface area (Å²) in [6.07, 6.45) is 5.34. The minimum Gasteiger partial charge on any atom is -0.317 e. The molecule has 1 rings (SSSR count). The van der Waals surface area contributed by atoms with Crippen molar-refractivity contribution in [2.75, 3.05) is 26.2 Å². The Bertz CT molecular complexity index is 181. The summed E-state index contributed by atoms with van der Waals surface area (Å²) in [5.74, 6) is 1.72. The second-order valence-electron chi connectivity index (χ2n) is 6.01. The summed E-state index contributed by atoms with van der Waals surface area (Å²) in [6.45, 7) is 14.4. The summed E-state index contributed by atoms with van der Waals surface area (Å²) in [7, 11) is 0. The predicted octanol–water partition coefficient (Wildman–Crippen LogP) is 3.13. The Balaban J connectivity index is 2.48. The molecule has 0 aromatic heterocycles. The molecule has 0 radical (unpaired) electrons. The molecule has 1 aliphatic rings. The molecular weight excluding hydrogens is 208 g/mol. The summed E-state index contributed by atoms with van der Waals surface area (Å²) in [4.78, 5) is 2.76. The number of hydrogen-bond acceptors (Lipinski definition) is 2. The van der Waals surface area contributed by atoms with Gasteiger partial charge in [0, 0.05) is 19.1 Å². The average Bonchev–Trinajstić information content (AvgIpc) is 2.31. The fourth-order valence-corrected chi connectivity index (χ4v) is 3.04. The molecule has 0 aromatic carbocycles. The number of piperidine rings is 1. The van der Waals surface area contributed by atoms with Gasteiger partial charge in [-0.25, -0.2) is 0 Å². The van der Waals surface area contributed by atoms with Crippen LogP contribution < -0.4 is 5.32 Å². The van der Waals surface area contributed by atoms with E-state index in [1.807, 2.05) is 0 Å². The second kappa shape index (κ2) is 8.10. The topological polar surface area (TPSA) is 15.3 Å². The van der Waals surface area contributed by atoms with Crippen molar-refractivity contribution < 1.29 is 0 Å². The average molecular weight is 240 g/mol. The molecule has 102 valence electrons. The molecule has 1 fully saturated rings. The minimum atomic E-state index is 0.789. The van der Waals surface area contributed by atoms with Crippen molar-refractivity contribution >= 4 is 0 Å². The molecular formula is C15H32N2. The highest BCUT2D eigenvalue weighted by atomic mass is 15.2. The Kier molecular flexibility index (Phi) is 7.14. The van der Waals surface area contributed by atoms with Gasteiger partial charge in [-0.1, -0.05) is 27.7 Å². The van der Waals surface area contributed by atoms with E-state index in [4.69, 9.17) is 0 Å². The zero-order valence-corrected chi connectivity index (χ0v) is 12.3. The van der Waals surface area contributed by atoms with Gasteiger partial charge in [-0.05, 0) is 50.6 Å². The highest BCUT2D eigenvalue weighted by molar-refractivity contribution is 4.77. The van der Waals surface area contributed by atoms with Crippen molar-refractivity contribution in [2.24, 2.45) is 11.8 Å². The van der Waals surface area contributed by atoms with Gasteiger partial charge in [0.2, 0.25) is 0 Å². The van der Waals surface area contributed by atoms with Crippen LogP contribution in [0.15, 0.2) is 0 Å². The van der Waals surface area contributed by atoms with Crippen LogP contribution in [-0.4, -0.2) is 37.1 Å². The Morgan fingerprint density at radius 3 is 2.18 bits per heavy atom. The maximum Gasteiger partial charge on any atom is 0.00902 e. The molecule has 2 nitrogen and oxygen atoms in total. The molecule has 1 saturated heterocycles. The standard InChI is InChI=1S/C15H32N2/c1-5-15(6-2)17(11-13(3)4)12-14-7-9-16-10-8-14/h13-16H,5-12H2,1-4H3. The van der Waals surface area contributed by atoms with Crippen molar-refractivity contribution in [2.45, 2.75) is 59.4 Å². The fourth-order valence-electron chi connectivity index (χ4n) is 3.04. The monoisotopic (exact) mass is 240 g/mol. The van der Waals surface area contributed by atoms with Crippen molar-refractivity contribution in [1.82, 2.24) is 10.2 Å². The summed E-state index contributed by atoms with van der Waals surface area (Å²) in [5.41, 5.74) is 0. The van der Waals surface area contributed by atoms with Crippen LogP contribution in [0.3, 0.4) is 0 Å². The van der Waals surface area contributed by atoms with Gasteiger partial charge in [0.05, 0.1) is 0 Å². The largest absolute Gasteiger partial charge is 0.317 e. The van der Waals surface area contributed by atoms with E-state index in [1.165, 1.54) is 51.9 Å². The smallest absolute Gasteiger partial charge is 0.00902 e. The second-order valence-corrected chi connectivity index (χ2v) is 6.01. The number of rotatable bonds is 7. The van der Waals surface area contributed by atoms with Gasteiger partial charge >= 0.3 is 0 Å². The van der Waals surface area contributed by atoms with Gasteiger partial charge in [0.1, 0.15) is 0 Å². The van der Waals surface area contributed by atoms with Crippen molar-refractivity contribution in [3.05, 3.63) is 0 Å². The SMILES string of the molecule is CCC(CC)N(CC(C)C)CC1CCNCC1. The molecule has 0 unspecified atom stereocenters. The molecule has 2 heteroatoms. The molecule has 0 aromatic rings. The van der Waals surface area contributed by atoms with Crippen LogP contribution >= 0.6 is 0 Å². The van der Waals surface area contributed by atoms with E-state index in [-0.39, 0.29) is 0 Å². The van der Waals surface area contributed by atoms with E-state index >= 15 is 0 Å². The van der Waals surface area contributed by atoms with E-state index in [0.717, 1.165) is 17.9 Å². The van der Waals surface area contributed by atoms with Crippen molar-refractivity contribution in [1.29, 1.82) is 0 Å². The first-order chi connectivity index (χ1) is 8.17. The Morgan fingerprint density at radius 2 is 1.71 bits per heavy atom. The van der Waals surface area contributed by atoms with Gasteiger partial charge in [-0.15, -0.1) is 0 Å². The molecule has 1 heterocycles. The lowest BCUT2D eigenvalue weighted by atomic mass is 9.95. The van der Waals surface area contributed by atoms with Gasteiger partial charge in [0.25, 0.3) is 0 Å². The van der Waals surface area contributed by atoms with E-state index in [9.17, 15) is 0 Å². The first-order valence-corrected chi connectivity index (χ1v) is 7.62. The molecule has 0 saturated carbocycles. The van der Waals surface area contributed by atoms with Crippen LogP contribution in [0.2, 0.25) is 0 Å². The highest BCUT2D eigenvalue weighted by Crippen LogP contribution is 2.18. The lowest BCUT2D eigenvalue weighted by molar-refractivity contribution is 0.129. The molecule has 17 heavy (non-hydrogen) atoms. The van der Waals surface area contributed by atoms with Crippen LogP contribution in [0.4, 0.5) is 0 Å². The lowest BCUT2D eigenvalue weighted by Crippen LogP contribution is -2.42. The quantitative estimate of drug-likeness (QED) is 0.735. The molecule has 0 bridgehead atoms. The van der Waals surface area contributed by atoms with Crippen LogP contribution in [0.5, 0.6) is 0 Å². The minimum absolute atomic E-state index is 0.789. The normalized spacial score (nSPS) is 18.5. The Labute approximate surface area is 108 Å². The third-order valence-electron chi connectivity index (χ3n) is 4.01. The highest BCUT2D eigenvalue weighted by Gasteiger charge is 2.21. The van der Waals surface area contributed by atoms with Gasteiger partial charge in [-0.2, -0.15) is 0 Å². The van der Waals surface area contributed by atoms with E-state index in [1.54, 1.807) is 0 Å². The molecule has 1 aliphatic heterocycles. The van der Waals surface area contributed by atoms with Crippen molar-refractivity contribution in [3.8, 4) is 0 Å². The van der Waals surface area contributed by atoms with E-state index in [2.05, 4.69) is 37.9 Å². The van der Waals surface area contributed by atoms with Crippen LogP contribution in [0.1, 0.15) is 53.4 Å². The Hall–Kier alpha value is -0.0800. The first-order valence-electron chi connectivity index (χ1n) is 7.62. The van der Waals surface area contributed by atoms with Crippen LogP contribution in [0.25, 0.3) is 0 Å². The summed E-state index contributed by atoms with van der Waals surface area (Å²) < 4.78 is 0. The number of hydrogen-bond donors (Lipinski definition) is 1. The maximum atomic E-state index is 3.47. The maximum absolute atomic E-state index is 3.47. The third kappa shape index (κ3) is 5.39. The van der Waals surface area contributed by atoms with Gasteiger partial charge in [-0.3, -0.25) is 4.90 Å². The number of nitrogens with zero attached hydrogens (tertiary/aromatic N) is 1. The zero-order chi connectivity index (χ0) is 12.7. The Morgan fingerprint density at radius 1 is 1.12 bits per heavy atom. The molecule has 0 spiro atoms. The molecule has 1 N–H and O–H groups in total. The number of nitrogens with one attached hydrogen (secondary N) is 1. The van der Waals surface area contributed by atoms with E-state index in [0.29, 0.717) is 0 Å². The zero-order valence-electron chi connectivity index (χ0n) is 12.3. The van der Waals surface area contributed by atoms with E-state index < -0.39 is 0 Å². The molecule has 0 aliphatic carbocycles. The van der Waals surface area contributed by atoms with Gasteiger partial charge in [0.15, 0.2) is 0 Å². The van der Waals surface area contributed by atoms with Crippen LogP contribution in [0, 0.1) is 11.8 Å². The summed E-state index contributed by atoms with van der Waals surface area (Å²) in [5, 5.41) is 3.47. The summed E-state index contributed by atoms with van der Waals surface area (Å²) >= 11 is 0. The molecule has 0 amide bonds.